The summed E-state index contributed by atoms with van der Waals surface area (Å²) in [6.45, 7) is 3.11. The molecule has 0 saturated carbocycles. The Labute approximate surface area is 137 Å². The van der Waals surface area contributed by atoms with E-state index >= 15 is 0 Å². The third-order valence-electron chi connectivity index (χ3n) is 3.88. The van der Waals surface area contributed by atoms with Gasteiger partial charge in [-0.15, -0.1) is 0 Å². The van der Waals surface area contributed by atoms with E-state index in [-0.39, 0.29) is 18.4 Å². The first-order valence-electron chi connectivity index (χ1n) is 7.74. The Bertz CT molecular complexity index is 617. The smallest absolute Gasteiger partial charge is 0.309 e. The van der Waals surface area contributed by atoms with Crippen molar-refractivity contribution in [3.63, 3.8) is 0 Å². The molecule has 1 aromatic carbocycles. The van der Waals surface area contributed by atoms with E-state index in [0.29, 0.717) is 32.5 Å². The van der Waals surface area contributed by atoms with Crippen LogP contribution in [0.25, 0.3) is 0 Å². The van der Waals surface area contributed by atoms with Gasteiger partial charge in [0.1, 0.15) is 0 Å². The number of nitrogens with one attached hydrogen (secondary N) is 1. The van der Waals surface area contributed by atoms with Gasteiger partial charge in [0.05, 0.1) is 24.8 Å². The number of carbonyl (C=O) groups is 2. The number of halogens is 3. The lowest BCUT2D eigenvalue weighted by Gasteiger charge is -2.30. The summed E-state index contributed by atoms with van der Waals surface area (Å²) >= 11 is 0. The molecular formula is C16H19F3N2O3. The SMILES string of the molecule is CCOC(=O)C1CCN(CC(=O)Nc2ccc(F)c(F)c2F)CC1. The van der Waals surface area contributed by atoms with Crippen LogP contribution in [0.5, 0.6) is 0 Å². The highest BCUT2D eigenvalue weighted by Gasteiger charge is 2.27. The number of rotatable bonds is 5. The number of carbonyl (C=O) groups excluding carboxylic acids is 2. The normalized spacial score (nSPS) is 16.0. The van der Waals surface area contributed by atoms with Crippen LogP contribution in [0.15, 0.2) is 12.1 Å². The topological polar surface area (TPSA) is 58.6 Å². The number of anilines is 1. The molecule has 0 atom stereocenters. The van der Waals surface area contributed by atoms with E-state index in [2.05, 4.69) is 5.32 Å². The van der Waals surface area contributed by atoms with E-state index in [1.165, 1.54) is 0 Å². The van der Waals surface area contributed by atoms with Gasteiger partial charge in [0.15, 0.2) is 17.5 Å². The number of piperidine rings is 1. The van der Waals surface area contributed by atoms with Gasteiger partial charge in [-0.3, -0.25) is 14.5 Å². The van der Waals surface area contributed by atoms with Crippen molar-refractivity contribution in [1.82, 2.24) is 4.90 Å². The zero-order valence-electron chi connectivity index (χ0n) is 13.3. The summed E-state index contributed by atoms with van der Waals surface area (Å²) in [5.41, 5.74) is -0.402. The van der Waals surface area contributed by atoms with Gasteiger partial charge in [0.2, 0.25) is 5.91 Å². The number of nitrogens with zero attached hydrogens (tertiary/aromatic N) is 1. The second-order valence-electron chi connectivity index (χ2n) is 5.57. The lowest BCUT2D eigenvalue weighted by Crippen LogP contribution is -2.41. The molecule has 1 amide bonds. The van der Waals surface area contributed by atoms with E-state index in [4.69, 9.17) is 4.74 Å². The van der Waals surface area contributed by atoms with Crippen molar-refractivity contribution < 1.29 is 27.5 Å². The minimum atomic E-state index is -1.62. The Hall–Kier alpha value is -2.09. The largest absolute Gasteiger partial charge is 0.466 e. The van der Waals surface area contributed by atoms with Crippen LogP contribution in [-0.2, 0) is 14.3 Å². The fourth-order valence-corrected chi connectivity index (χ4v) is 2.60. The number of amides is 1. The number of hydrogen-bond acceptors (Lipinski definition) is 4. The maximum absolute atomic E-state index is 13.5. The zero-order chi connectivity index (χ0) is 17.7. The number of esters is 1. The van der Waals surface area contributed by atoms with Crippen LogP contribution in [0.2, 0.25) is 0 Å². The van der Waals surface area contributed by atoms with Crippen molar-refractivity contribution in [3.05, 3.63) is 29.6 Å². The van der Waals surface area contributed by atoms with Crippen molar-refractivity contribution in [3.8, 4) is 0 Å². The molecule has 2 rings (SSSR count). The number of likely N-dealkylation sites (tertiary alicyclic amines) is 1. The first-order chi connectivity index (χ1) is 11.4. The van der Waals surface area contributed by atoms with Gasteiger partial charge in [0.25, 0.3) is 0 Å². The summed E-state index contributed by atoms with van der Waals surface area (Å²) in [4.78, 5) is 25.4. The number of ether oxygens (including phenoxy) is 1. The first-order valence-corrected chi connectivity index (χ1v) is 7.74. The molecule has 0 spiro atoms. The standard InChI is InChI=1S/C16H19F3N2O3/c1-2-24-16(23)10-5-7-21(8-6-10)9-13(22)20-12-4-3-11(17)14(18)15(12)19/h3-4,10H,2,5-9H2,1H3,(H,20,22). The van der Waals surface area contributed by atoms with Crippen LogP contribution in [0, 0.1) is 23.4 Å². The Kier molecular flexibility index (Phi) is 6.19. The third-order valence-corrected chi connectivity index (χ3v) is 3.88. The summed E-state index contributed by atoms with van der Waals surface area (Å²) in [5.74, 6) is -5.30. The lowest BCUT2D eigenvalue weighted by atomic mass is 9.97. The van der Waals surface area contributed by atoms with Gasteiger partial charge in [-0.1, -0.05) is 0 Å². The highest BCUT2D eigenvalue weighted by Crippen LogP contribution is 2.21. The second-order valence-corrected chi connectivity index (χ2v) is 5.57. The maximum Gasteiger partial charge on any atom is 0.309 e. The molecule has 1 aliphatic heterocycles. The van der Waals surface area contributed by atoms with Crippen LogP contribution in [0.4, 0.5) is 18.9 Å². The van der Waals surface area contributed by atoms with E-state index in [1.807, 2.05) is 4.90 Å². The van der Waals surface area contributed by atoms with Crippen LogP contribution in [0.1, 0.15) is 19.8 Å². The van der Waals surface area contributed by atoms with Crippen molar-refractivity contribution >= 4 is 17.6 Å². The quantitative estimate of drug-likeness (QED) is 0.658. The Morgan fingerprint density at radius 1 is 1.21 bits per heavy atom. The van der Waals surface area contributed by atoms with Crippen LogP contribution in [-0.4, -0.2) is 43.0 Å². The highest BCUT2D eigenvalue weighted by atomic mass is 19.2. The minimum Gasteiger partial charge on any atom is -0.466 e. The van der Waals surface area contributed by atoms with E-state index in [0.717, 1.165) is 12.1 Å². The van der Waals surface area contributed by atoms with Crippen LogP contribution >= 0.6 is 0 Å². The molecule has 5 nitrogen and oxygen atoms in total. The monoisotopic (exact) mass is 344 g/mol. The van der Waals surface area contributed by atoms with Crippen LogP contribution in [0.3, 0.4) is 0 Å². The molecule has 1 aliphatic rings. The van der Waals surface area contributed by atoms with Crippen molar-refractivity contribution in [2.24, 2.45) is 5.92 Å². The Morgan fingerprint density at radius 3 is 2.50 bits per heavy atom. The summed E-state index contributed by atoms with van der Waals surface area (Å²) < 4.78 is 44.5. The maximum atomic E-state index is 13.5. The van der Waals surface area contributed by atoms with Crippen molar-refractivity contribution in [2.45, 2.75) is 19.8 Å². The molecule has 1 saturated heterocycles. The molecule has 1 fully saturated rings. The molecule has 24 heavy (non-hydrogen) atoms. The lowest BCUT2D eigenvalue weighted by molar-refractivity contribution is -0.149. The number of benzene rings is 1. The minimum absolute atomic E-state index is 0.0199. The molecule has 0 bridgehead atoms. The van der Waals surface area contributed by atoms with Gasteiger partial charge < -0.3 is 10.1 Å². The predicted molar refractivity (Wildman–Crippen MR) is 80.7 cm³/mol. The average Bonchev–Trinajstić information content (AvgIpc) is 2.56. The highest BCUT2D eigenvalue weighted by molar-refractivity contribution is 5.92. The first kappa shape index (κ1) is 18.3. The fraction of sp³-hybridized carbons (Fsp3) is 0.500. The summed E-state index contributed by atoms with van der Waals surface area (Å²) in [6.07, 6.45) is 1.15. The molecule has 8 heteroatoms. The molecule has 0 aliphatic carbocycles. The molecule has 1 heterocycles. The van der Waals surface area contributed by atoms with Gasteiger partial charge in [-0.05, 0) is 45.0 Å². The molecule has 0 aromatic heterocycles. The van der Waals surface area contributed by atoms with Gasteiger partial charge in [0, 0.05) is 0 Å². The molecule has 132 valence electrons. The molecule has 0 radical (unpaired) electrons. The Balaban J connectivity index is 1.84. The fourth-order valence-electron chi connectivity index (χ4n) is 2.60. The summed E-state index contributed by atoms with van der Waals surface area (Å²) in [6, 6.07) is 1.72. The van der Waals surface area contributed by atoms with E-state index in [1.54, 1.807) is 6.92 Å². The predicted octanol–water partition coefficient (Wildman–Crippen LogP) is 2.32. The third kappa shape index (κ3) is 4.47. The van der Waals surface area contributed by atoms with Gasteiger partial charge in [-0.2, -0.15) is 0 Å². The Morgan fingerprint density at radius 2 is 1.88 bits per heavy atom. The molecule has 1 aromatic rings. The average molecular weight is 344 g/mol. The molecule has 1 N–H and O–H groups in total. The zero-order valence-corrected chi connectivity index (χ0v) is 13.3. The van der Waals surface area contributed by atoms with E-state index in [9.17, 15) is 22.8 Å². The van der Waals surface area contributed by atoms with E-state index < -0.39 is 29.0 Å². The van der Waals surface area contributed by atoms with Gasteiger partial charge >= 0.3 is 5.97 Å². The second kappa shape index (κ2) is 8.14. The molecule has 0 unspecified atom stereocenters. The van der Waals surface area contributed by atoms with Crippen LogP contribution < -0.4 is 5.32 Å². The van der Waals surface area contributed by atoms with Crippen molar-refractivity contribution in [2.75, 3.05) is 31.6 Å². The summed E-state index contributed by atoms with van der Waals surface area (Å²) in [5, 5.41) is 2.23. The van der Waals surface area contributed by atoms with Gasteiger partial charge in [-0.25, -0.2) is 13.2 Å². The van der Waals surface area contributed by atoms with Crippen molar-refractivity contribution in [1.29, 1.82) is 0 Å². The number of hydrogen-bond donors (Lipinski definition) is 1. The molecular weight excluding hydrogens is 325 g/mol. The summed E-state index contributed by atoms with van der Waals surface area (Å²) in [7, 11) is 0.